The van der Waals surface area contributed by atoms with Crippen LogP contribution in [-0.2, 0) is 16.6 Å². The van der Waals surface area contributed by atoms with Crippen molar-refractivity contribution in [2.75, 3.05) is 11.1 Å². The van der Waals surface area contributed by atoms with E-state index in [-0.39, 0.29) is 4.90 Å². The van der Waals surface area contributed by atoms with Gasteiger partial charge in [0.15, 0.2) is 0 Å². The summed E-state index contributed by atoms with van der Waals surface area (Å²) in [6.07, 6.45) is 3.05. The molecule has 1 aromatic heterocycles. The summed E-state index contributed by atoms with van der Waals surface area (Å²) in [4.78, 5) is 7.85. The maximum absolute atomic E-state index is 11.3. The summed E-state index contributed by atoms with van der Waals surface area (Å²) in [5.74, 6) is 0. The third-order valence-electron chi connectivity index (χ3n) is 2.46. The van der Waals surface area contributed by atoms with E-state index in [1.54, 1.807) is 12.3 Å². The molecule has 0 fully saturated rings. The molecule has 2 rings (SSSR count). The minimum absolute atomic E-state index is 0.00638. The van der Waals surface area contributed by atoms with Crippen molar-refractivity contribution in [3.05, 3.63) is 42.5 Å². The maximum Gasteiger partial charge on any atom is 0.238 e. The zero-order valence-corrected chi connectivity index (χ0v) is 10.8. The lowest BCUT2D eigenvalue weighted by Crippen LogP contribution is -2.13. The zero-order chi connectivity index (χ0) is 13.9. The van der Waals surface area contributed by atoms with Gasteiger partial charge < -0.3 is 11.1 Å². The van der Waals surface area contributed by atoms with Gasteiger partial charge in [0.2, 0.25) is 10.0 Å². The Balaban J connectivity index is 2.21. The van der Waals surface area contributed by atoms with Crippen LogP contribution in [0.25, 0.3) is 0 Å². The highest BCUT2D eigenvalue weighted by Crippen LogP contribution is 2.22. The molecule has 100 valence electrons. The largest absolute Gasteiger partial charge is 0.397 e. The van der Waals surface area contributed by atoms with Gasteiger partial charge in [-0.3, -0.25) is 0 Å². The van der Waals surface area contributed by atoms with Gasteiger partial charge in [0.25, 0.3) is 0 Å². The monoisotopic (exact) mass is 279 g/mol. The van der Waals surface area contributed by atoms with Crippen LogP contribution in [0.5, 0.6) is 0 Å². The molecule has 7 nitrogen and oxygen atoms in total. The molecular weight excluding hydrogens is 266 g/mol. The van der Waals surface area contributed by atoms with E-state index in [4.69, 9.17) is 10.9 Å². The van der Waals surface area contributed by atoms with Crippen LogP contribution in [0, 0.1) is 0 Å². The summed E-state index contributed by atoms with van der Waals surface area (Å²) in [6.45, 7) is 0.404. The zero-order valence-electron chi connectivity index (χ0n) is 9.95. The van der Waals surface area contributed by atoms with E-state index in [2.05, 4.69) is 15.3 Å². The summed E-state index contributed by atoms with van der Waals surface area (Å²) in [6, 6.07) is 5.99. The fourth-order valence-electron chi connectivity index (χ4n) is 1.47. The maximum atomic E-state index is 11.3. The number of anilines is 2. The van der Waals surface area contributed by atoms with Crippen molar-refractivity contribution < 1.29 is 8.42 Å². The molecule has 0 amide bonds. The van der Waals surface area contributed by atoms with Gasteiger partial charge >= 0.3 is 0 Å². The lowest BCUT2D eigenvalue weighted by atomic mass is 10.2. The Labute approximate surface area is 110 Å². The molecule has 0 aliphatic heterocycles. The Bertz CT molecular complexity index is 673. The number of nitrogens with one attached hydrogen (secondary N) is 1. The highest BCUT2D eigenvalue weighted by Gasteiger charge is 2.10. The van der Waals surface area contributed by atoms with Crippen molar-refractivity contribution in [3.8, 4) is 0 Å². The van der Waals surface area contributed by atoms with Crippen LogP contribution >= 0.6 is 0 Å². The molecule has 2 aromatic rings. The van der Waals surface area contributed by atoms with E-state index in [1.165, 1.54) is 24.5 Å². The quantitative estimate of drug-likeness (QED) is 0.692. The number of aromatic nitrogens is 2. The number of hydrogen-bond donors (Lipinski definition) is 3. The number of primary sulfonamides is 1. The van der Waals surface area contributed by atoms with Crippen LogP contribution in [0.3, 0.4) is 0 Å². The molecule has 0 radical (unpaired) electrons. The third kappa shape index (κ3) is 3.39. The molecule has 0 unspecified atom stereocenters. The van der Waals surface area contributed by atoms with Crippen molar-refractivity contribution >= 4 is 21.4 Å². The minimum Gasteiger partial charge on any atom is -0.397 e. The predicted molar refractivity (Wildman–Crippen MR) is 71.6 cm³/mol. The fourth-order valence-corrected chi connectivity index (χ4v) is 2.01. The van der Waals surface area contributed by atoms with Gasteiger partial charge in [-0.25, -0.2) is 23.5 Å². The number of nitrogen functional groups attached to an aromatic ring is 1. The van der Waals surface area contributed by atoms with Gasteiger partial charge in [0, 0.05) is 6.20 Å². The van der Waals surface area contributed by atoms with Crippen LogP contribution in [0.1, 0.15) is 5.69 Å². The average Bonchev–Trinajstić information content (AvgIpc) is 2.37. The smallest absolute Gasteiger partial charge is 0.238 e. The van der Waals surface area contributed by atoms with Crippen molar-refractivity contribution in [2.24, 2.45) is 5.14 Å². The van der Waals surface area contributed by atoms with E-state index < -0.39 is 10.0 Å². The molecule has 0 saturated heterocycles. The van der Waals surface area contributed by atoms with Gasteiger partial charge in [0.1, 0.15) is 6.33 Å². The van der Waals surface area contributed by atoms with Gasteiger partial charge in [0.05, 0.1) is 28.5 Å². The highest BCUT2D eigenvalue weighted by molar-refractivity contribution is 7.89. The Morgan fingerprint density at radius 3 is 2.68 bits per heavy atom. The van der Waals surface area contributed by atoms with Gasteiger partial charge in [-0.1, -0.05) is 0 Å². The number of hydrogen-bond acceptors (Lipinski definition) is 6. The highest BCUT2D eigenvalue weighted by atomic mass is 32.2. The summed E-state index contributed by atoms with van der Waals surface area (Å²) in [5.41, 5.74) is 7.45. The van der Waals surface area contributed by atoms with Crippen LogP contribution in [0.4, 0.5) is 11.4 Å². The molecular formula is C11H13N5O2S. The Kier molecular flexibility index (Phi) is 3.63. The molecule has 19 heavy (non-hydrogen) atoms. The lowest BCUT2D eigenvalue weighted by molar-refractivity contribution is 0.598. The average molecular weight is 279 g/mol. The van der Waals surface area contributed by atoms with E-state index in [0.29, 0.717) is 17.9 Å². The van der Waals surface area contributed by atoms with Crippen molar-refractivity contribution in [2.45, 2.75) is 11.4 Å². The van der Waals surface area contributed by atoms with Crippen LogP contribution in [-0.4, -0.2) is 18.4 Å². The third-order valence-corrected chi connectivity index (χ3v) is 3.37. The Morgan fingerprint density at radius 2 is 2.05 bits per heavy atom. The molecule has 1 heterocycles. The molecule has 5 N–H and O–H groups in total. The van der Waals surface area contributed by atoms with E-state index in [9.17, 15) is 8.42 Å². The number of nitrogens with zero attached hydrogens (tertiary/aromatic N) is 2. The molecule has 8 heteroatoms. The second-order valence-corrected chi connectivity index (χ2v) is 5.41. The summed E-state index contributed by atoms with van der Waals surface area (Å²) in [7, 11) is -3.75. The Hall–Kier alpha value is -2.19. The topological polar surface area (TPSA) is 124 Å². The first-order valence-electron chi connectivity index (χ1n) is 5.38. The standard InChI is InChI=1S/C11H13N5O2S/c12-10-2-1-9(19(13,17)18)5-11(10)15-6-8-3-4-14-7-16-8/h1-5,7,15H,6,12H2,(H2,13,17,18). The van der Waals surface area contributed by atoms with E-state index in [1.807, 2.05) is 0 Å². The van der Waals surface area contributed by atoms with Crippen LogP contribution in [0.15, 0.2) is 41.7 Å². The molecule has 0 atom stereocenters. The Morgan fingerprint density at radius 1 is 1.26 bits per heavy atom. The summed E-state index contributed by atoms with van der Waals surface area (Å²) < 4.78 is 22.5. The lowest BCUT2D eigenvalue weighted by Gasteiger charge is -2.10. The first kappa shape index (κ1) is 13.2. The van der Waals surface area contributed by atoms with Crippen molar-refractivity contribution in [1.29, 1.82) is 0 Å². The first-order valence-corrected chi connectivity index (χ1v) is 6.92. The van der Waals surface area contributed by atoms with Gasteiger partial charge in [-0.15, -0.1) is 0 Å². The molecule has 0 bridgehead atoms. The van der Waals surface area contributed by atoms with Gasteiger partial charge in [-0.2, -0.15) is 0 Å². The van der Waals surface area contributed by atoms with E-state index >= 15 is 0 Å². The number of sulfonamides is 1. The van der Waals surface area contributed by atoms with Crippen molar-refractivity contribution in [1.82, 2.24) is 9.97 Å². The number of rotatable bonds is 4. The van der Waals surface area contributed by atoms with Crippen LogP contribution < -0.4 is 16.2 Å². The summed E-state index contributed by atoms with van der Waals surface area (Å²) in [5, 5.41) is 8.07. The molecule has 0 aliphatic carbocycles. The second kappa shape index (κ2) is 5.21. The predicted octanol–water partition coefficient (Wildman–Crippen LogP) is 0.318. The van der Waals surface area contributed by atoms with E-state index in [0.717, 1.165) is 5.69 Å². The second-order valence-electron chi connectivity index (χ2n) is 3.85. The summed E-state index contributed by atoms with van der Waals surface area (Å²) >= 11 is 0. The number of benzene rings is 1. The van der Waals surface area contributed by atoms with Crippen LogP contribution in [0.2, 0.25) is 0 Å². The SMILES string of the molecule is Nc1ccc(S(N)(=O)=O)cc1NCc1ccncn1. The molecule has 0 saturated carbocycles. The minimum atomic E-state index is -3.75. The first-order chi connectivity index (χ1) is 8.97. The molecule has 1 aromatic carbocycles. The molecule has 0 aliphatic rings. The van der Waals surface area contributed by atoms with Gasteiger partial charge in [-0.05, 0) is 24.3 Å². The van der Waals surface area contributed by atoms with Crippen molar-refractivity contribution in [3.63, 3.8) is 0 Å². The molecule has 0 spiro atoms. The number of nitrogens with two attached hydrogens (primary N) is 2. The normalized spacial score (nSPS) is 11.2. The fraction of sp³-hybridized carbons (Fsp3) is 0.0909.